The zero-order chi connectivity index (χ0) is 19.6. The van der Waals surface area contributed by atoms with E-state index in [4.69, 9.17) is 16.0 Å². The van der Waals surface area contributed by atoms with Gasteiger partial charge in [-0.2, -0.15) is 0 Å². The Hall–Kier alpha value is -2.61. The molecule has 0 saturated heterocycles. The van der Waals surface area contributed by atoms with Crippen molar-refractivity contribution in [3.05, 3.63) is 88.6 Å². The summed E-state index contributed by atoms with van der Waals surface area (Å²) in [5.41, 5.74) is 1.43. The van der Waals surface area contributed by atoms with Crippen LogP contribution in [0, 0.1) is 0 Å². The van der Waals surface area contributed by atoms with E-state index in [1.54, 1.807) is 30.3 Å². The quantitative estimate of drug-likeness (QED) is 0.441. The van der Waals surface area contributed by atoms with Gasteiger partial charge in [0.1, 0.15) is 5.69 Å². The van der Waals surface area contributed by atoms with Crippen LogP contribution in [0.3, 0.4) is 0 Å². The fourth-order valence-electron chi connectivity index (χ4n) is 2.67. The monoisotopic (exact) mass is 430 g/mol. The average Bonchev–Trinajstić information content (AvgIpc) is 3.29. The predicted octanol–water partition coefficient (Wildman–Crippen LogP) is 5.45. The molecule has 0 saturated carbocycles. The van der Waals surface area contributed by atoms with E-state index in [2.05, 4.69) is 9.71 Å². The maximum atomic E-state index is 12.7. The Kier molecular flexibility index (Phi) is 5.21. The summed E-state index contributed by atoms with van der Waals surface area (Å²) in [7, 11) is -3.81. The van der Waals surface area contributed by atoms with Crippen LogP contribution >= 0.6 is 22.9 Å². The highest BCUT2D eigenvalue weighted by molar-refractivity contribution is 7.92. The van der Waals surface area contributed by atoms with Crippen LogP contribution in [-0.4, -0.2) is 13.4 Å². The van der Waals surface area contributed by atoms with Crippen LogP contribution in [0.1, 0.15) is 11.5 Å². The van der Waals surface area contributed by atoms with E-state index in [-0.39, 0.29) is 10.8 Å². The van der Waals surface area contributed by atoms with Gasteiger partial charge in [0.05, 0.1) is 14.1 Å². The highest BCUT2D eigenvalue weighted by atomic mass is 35.5. The second kappa shape index (κ2) is 7.79. The first kappa shape index (κ1) is 18.7. The Morgan fingerprint density at radius 3 is 2.29 bits per heavy atom. The first-order valence-electron chi connectivity index (χ1n) is 8.38. The van der Waals surface area contributed by atoms with E-state index < -0.39 is 10.0 Å². The second-order valence-corrected chi connectivity index (χ2v) is 9.37. The number of hydrogen-bond donors (Lipinski definition) is 1. The zero-order valence-corrected chi connectivity index (χ0v) is 16.9. The molecular weight excluding hydrogens is 416 g/mol. The van der Waals surface area contributed by atoms with Crippen LogP contribution < -0.4 is 4.72 Å². The maximum absolute atomic E-state index is 12.7. The van der Waals surface area contributed by atoms with Gasteiger partial charge in [-0.05, 0) is 29.8 Å². The normalized spacial score (nSPS) is 11.5. The lowest BCUT2D eigenvalue weighted by Crippen LogP contribution is -2.12. The number of thiophene rings is 1. The Balaban J connectivity index is 1.72. The summed E-state index contributed by atoms with van der Waals surface area (Å²) in [4.78, 5) is 5.39. The van der Waals surface area contributed by atoms with Gasteiger partial charge in [-0.1, -0.05) is 60.1 Å². The summed E-state index contributed by atoms with van der Waals surface area (Å²) in [6.45, 7) is 0. The molecule has 0 spiro atoms. The molecule has 0 amide bonds. The maximum Gasteiger partial charge on any atom is 0.264 e. The molecular formula is C20H15ClN2O3S2. The van der Waals surface area contributed by atoms with E-state index in [9.17, 15) is 8.42 Å². The van der Waals surface area contributed by atoms with Crippen molar-refractivity contribution in [2.24, 2.45) is 0 Å². The third kappa shape index (κ3) is 4.11. The third-order valence-corrected chi connectivity index (χ3v) is 6.54. The van der Waals surface area contributed by atoms with Crippen LogP contribution in [0.4, 0.5) is 5.88 Å². The van der Waals surface area contributed by atoms with Crippen molar-refractivity contribution in [3.63, 3.8) is 0 Å². The first-order chi connectivity index (χ1) is 13.5. The number of oxazole rings is 1. The van der Waals surface area contributed by atoms with E-state index in [1.807, 2.05) is 30.3 Å². The van der Waals surface area contributed by atoms with E-state index in [0.717, 1.165) is 10.4 Å². The summed E-state index contributed by atoms with van der Waals surface area (Å²) in [6, 6.07) is 21.3. The van der Waals surface area contributed by atoms with Gasteiger partial charge in [0.25, 0.3) is 10.0 Å². The summed E-state index contributed by atoms with van der Waals surface area (Å²) >= 11 is 7.35. The number of hydrogen-bond acceptors (Lipinski definition) is 5. The predicted molar refractivity (Wildman–Crippen MR) is 111 cm³/mol. The lowest BCUT2D eigenvalue weighted by molar-refractivity contribution is 0.521. The molecule has 0 radical (unpaired) electrons. The lowest BCUT2D eigenvalue weighted by Gasteiger charge is -2.06. The molecule has 0 aliphatic heterocycles. The molecule has 0 atom stereocenters. The Morgan fingerprint density at radius 2 is 1.64 bits per heavy atom. The summed E-state index contributed by atoms with van der Waals surface area (Å²) in [5.74, 6) is 0.491. The lowest BCUT2D eigenvalue weighted by atomic mass is 10.1. The third-order valence-electron chi connectivity index (χ3n) is 3.96. The fraction of sp³-hybridized carbons (Fsp3) is 0.0500. The molecule has 142 valence electrons. The molecule has 4 aromatic rings. The van der Waals surface area contributed by atoms with Crippen molar-refractivity contribution < 1.29 is 12.8 Å². The number of benzene rings is 2. The summed E-state index contributed by atoms with van der Waals surface area (Å²) in [6.07, 6.45) is 0.444. The number of aromatic nitrogens is 1. The van der Waals surface area contributed by atoms with Gasteiger partial charge in [0.15, 0.2) is 0 Å². The average molecular weight is 431 g/mol. The molecule has 0 unspecified atom stereocenters. The molecule has 0 aliphatic rings. The zero-order valence-electron chi connectivity index (χ0n) is 14.5. The van der Waals surface area contributed by atoms with Gasteiger partial charge in [-0.3, -0.25) is 0 Å². The number of halogens is 1. The molecule has 2 heterocycles. The molecule has 4 rings (SSSR count). The minimum absolute atomic E-state index is 0.0771. The van der Waals surface area contributed by atoms with Crippen molar-refractivity contribution in [1.82, 2.24) is 4.98 Å². The summed E-state index contributed by atoms with van der Waals surface area (Å²) < 4.78 is 34.4. The van der Waals surface area contributed by atoms with Crippen molar-refractivity contribution in [1.29, 1.82) is 0 Å². The van der Waals surface area contributed by atoms with Crippen LogP contribution in [0.15, 0.2) is 82.1 Å². The second-order valence-electron chi connectivity index (χ2n) is 5.97. The number of nitrogens with zero attached hydrogens (tertiary/aromatic N) is 1. The molecule has 0 bridgehead atoms. The van der Waals surface area contributed by atoms with Crippen LogP contribution in [-0.2, 0) is 16.4 Å². The number of sulfonamides is 1. The smallest absolute Gasteiger partial charge is 0.264 e. The highest BCUT2D eigenvalue weighted by Gasteiger charge is 2.23. The fourth-order valence-corrected chi connectivity index (χ4v) is 4.71. The van der Waals surface area contributed by atoms with Gasteiger partial charge >= 0.3 is 0 Å². The number of anilines is 1. The van der Waals surface area contributed by atoms with Crippen molar-refractivity contribution in [2.75, 3.05) is 4.72 Å². The molecule has 2 aromatic heterocycles. The van der Waals surface area contributed by atoms with Gasteiger partial charge in [0.2, 0.25) is 11.8 Å². The minimum Gasteiger partial charge on any atom is -0.423 e. The van der Waals surface area contributed by atoms with E-state index in [0.29, 0.717) is 22.3 Å². The number of rotatable bonds is 6. The largest absolute Gasteiger partial charge is 0.423 e. The van der Waals surface area contributed by atoms with Crippen LogP contribution in [0.2, 0.25) is 4.34 Å². The Bertz CT molecular complexity index is 1190. The van der Waals surface area contributed by atoms with Gasteiger partial charge < -0.3 is 4.42 Å². The number of nitrogens with one attached hydrogen (secondary N) is 1. The van der Waals surface area contributed by atoms with Gasteiger partial charge in [-0.25, -0.2) is 18.1 Å². The highest BCUT2D eigenvalue weighted by Crippen LogP contribution is 2.36. The molecule has 2 aromatic carbocycles. The Labute approximate surface area is 171 Å². The molecule has 5 nitrogen and oxygen atoms in total. The molecule has 8 heteroatoms. The van der Waals surface area contributed by atoms with Gasteiger partial charge in [-0.15, -0.1) is 11.3 Å². The molecule has 0 fully saturated rings. The minimum atomic E-state index is -3.81. The van der Waals surface area contributed by atoms with E-state index in [1.165, 1.54) is 23.5 Å². The van der Waals surface area contributed by atoms with Crippen LogP contribution in [0.5, 0.6) is 0 Å². The summed E-state index contributed by atoms with van der Waals surface area (Å²) in [5, 5.41) is 0. The molecule has 28 heavy (non-hydrogen) atoms. The van der Waals surface area contributed by atoms with Crippen molar-refractivity contribution >= 4 is 38.8 Å². The van der Waals surface area contributed by atoms with Crippen molar-refractivity contribution in [3.8, 4) is 10.6 Å². The Morgan fingerprint density at radius 1 is 0.964 bits per heavy atom. The topological polar surface area (TPSA) is 72.2 Å². The molecule has 1 N–H and O–H groups in total. The first-order valence-corrected chi connectivity index (χ1v) is 11.1. The molecule has 0 aliphatic carbocycles. The van der Waals surface area contributed by atoms with E-state index >= 15 is 0 Å². The van der Waals surface area contributed by atoms with Gasteiger partial charge in [0, 0.05) is 6.42 Å². The standard InChI is InChI=1S/C20H15ClN2O3S2/c21-17-12-11-16(27-17)19-20(23-28(24,25)15-9-5-2-6-10-15)26-18(22-19)13-14-7-3-1-4-8-14/h1-12,23H,13H2. The SMILES string of the molecule is O=S(=O)(Nc1oc(Cc2ccccc2)nc1-c1ccc(Cl)s1)c1ccccc1. The van der Waals surface area contributed by atoms with Crippen molar-refractivity contribution in [2.45, 2.75) is 11.3 Å². The van der Waals surface area contributed by atoms with Crippen LogP contribution in [0.25, 0.3) is 10.6 Å².